The average molecular weight is 664 g/mol. The molecule has 0 aliphatic carbocycles. The number of rotatable bonds is 7. The number of aromatic nitrogens is 4. The van der Waals surface area contributed by atoms with Crippen molar-refractivity contribution in [1.82, 2.24) is 29.7 Å². The molecule has 1 aromatic carbocycles. The predicted octanol–water partition coefficient (Wildman–Crippen LogP) is 4.83. The largest absolute Gasteiger partial charge is 0.418 e. The van der Waals surface area contributed by atoms with Crippen LogP contribution in [-0.2, 0) is 17.5 Å². The van der Waals surface area contributed by atoms with Crippen molar-refractivity contribution in [2.24, 2.45) is 4.99 Å². The molecular formula is C32H32F3N9O2S. The van der Waals surface area contributed by atoms with Crippen LogP contribution >= 0.6 is 11.3 Å². The van der Waals surface area contributed by atoms with Crippen LogP contribution < -0.4 is 21.1 Å². The number of aliphatic imine (C=N–C) groups is 1. The fourth-order valence-electron chi connectivity index (χ4n) is 6.16. The van der Waals surface area contributed by atoms with Gasteiger partial charge in [0.05, 0.1) is 16.8 Å². The molecule has 0 spiro atoms. The Bertz CT molecular complexity index is 1970. The maximum Gasteiger partial charge on any atom is 0.418 e. The van der Waals surface area contributed by atoms with Crippen molar-refractivity contribution in [1.29, 1.82) is 0 Å². The first-order chi connectivity index (χ1) is 22.7. The first kappa shape index (κ1) is 31.0. The van der Waals surface area contributed by atoms with Crippen molar-refractivity contribution in [2.75, 3.05) is 49.5 Å². The summed E-state index contributed by atoms with van der Waals surface area (Å²) in [5, 5.41) is 7.30. The fraction of sp³-hybridized carbons (Fsp3) is 0.375. The van der Waals surface area contributed by atoms with Gasteiger partial charge in [-0.25, -0.2) is 9.97 Å². The average Bonchev–Trinajstić information content (AvgIpc) is 3.86. The molecule has 0 bridgehead atoms. The highest BCUT2D eigenvalue weighted by atomic mass is 32.1. The molecule has 11 nitrogen and oxygen atoms in total. The Kier molecular flexibility index (Phi) is 8.26. The van der Waals surface area contributed by atoms with Crippen LogP contribution in [-0.4, -0.2) is 75.8 Å². The number of nitrogens with zero attached hydrogens (tertiary/aromatic N) is 7. The van der Waals surface area contributed by atoms with Gasteiger partial charge in [0.25, 0.3) is 5.56 Å². The summed E-state index contributed by atoms with van der Waals surface area (Å²) in [6.07, 6.45) is 2.92. The van der Waals surface area contributed by atoms with Crippen molar-refractivity contribution < 1.29 is 18.0 Å². The van der Waals surface area contributed by atoms with Gasteiger partial charge in [-0.05, 0) is 44.0 Å². The van der Waals surface area contributed by atoms with Crippen LogP contribution in [0, 0.1) is 6.92 Å². The number of allylic oxidation sites excluding steroid dienone is 1. The number of thiazole rings is 1. The number of nitrogens with one attached hydrogen (secondary N) is 2. The Labute approximate surface area is 271 Å². The molecule has 2 N–H and O–H groups in total. The second kappa shape index (κ2) is 12.5. The molecule has 0 unspecified atom stereocenters. The topological polar surface area (TPSA) is 121 Å². The van der Waals surface area contributed by atoms with E-state index >= 15 is 0 Å². The number of pyridine rings is 1. The number of hydrogen-bond acceptors (Lipinski definition) is 10. The SMILES string of the molecule is Cc1sc(C2=CN=CC2)nc1-c1cc2cnc(Nc3ccc(N4CCNCC4)c(C(F)(F)F)c3)nc2n(CC(=O)N2CCCC2)c1=O. The first-order valence-electron chi connectivity index (χ1n) is 15.5. The van der Waals surface area contributed by atoms with Crippen LogP contribution in [0.1, 0.15) is 34.7 Å². The number of amides is 1. The van der Waals surface area contributed by atoms with Gasteiger partial charge in [0.1, 0.15) is 17.2 Å². The zero-order chi connectivity index (χ0) is 32.7. The highest BCUT2D eigenvalue weighted by Crippen LogP contribution is 2.39. The van der Waals surface area contributed by atoms with Crippen LogP contribution in [0.5, 0.6) is 0 Å². The van der Waals surface area contributed by atoms with Crippen LogP contribution in [0.15, 0.2) is 46.4 Å². The van der Waals surface area contributed by atoms with Crippen molar-refractivity contribution in [3.05, 3.63) is 62.5 Å². The molecule has 1 amide bonds. The molecular weight excluding hydrogens is 631 g/mol. The number of anilines is 3. The highest BCUT2D eigenvalue weighted by molar-refractivity contribution is 7.13. The molecule has 0 saturated carbocycles. The minimum Gasteiger partial charge on any atom is -0.368 e. The first-order valence-corrected chi connectivity index (χ1v) is 16.3. The van der Waals surface area contributed by atoms with E-state index in [0.717, 1.165) is 34.4 Å². The van der Waals surface area contributed by atoms with E-state index in [-0.39, 0.29) is 35.4 Å². The van der Waals surface area contributed by atoms with Crippen LogP contribution in [0.2, 0.25) is 0 Å². The number of hydrogen-bond donors (Lipinski definition) is 2. The van der Waals surface area contributed by atoms with Gasteiger partial charge in [-0.3, -0.25) is 19.1 Å². The molecule has 4 aromatic rings. The third kappa shape index (κ3) is 6.24. The lowest BCUT2D eigenvalue weighted by Gasteiger charge is -2.31. The zero-order valence-corrected chi connectivity index (χ0v) is 26.4. The van der Waals surface area contributed by atoms with Gasteiger partial charge >= 0.3 is 6.18 Å². The quantitative estimate of drug-likeness (QED) is 0.289. The maximum absolute atomic E-state index is 14.2. The summed E-state index contributed by atoms with van der Waals surface area (Å²) in [7, 11) is 0. The van der Waals surface area contributed by atoms with Crippen molar-refractivity contribution >= 4 is 57.4 Å². The number of carbonyl (C=O) groups excluding carboxylic acids is 1. The second-order valence-corrected chi connectivity index (χ2v) is 12.9. The summed E-state index contributed by atoms with van der Waals surface area (Å²) in [6, 6.07) is 5.71. The molecule has 6 heterocycles. The molecule has 244 valence electrons. The number of piperazine rings is 1. The number of benzene rings is 1. The van der Waals surface area contributed by atoms with Gasteiger partial charge in [-0.1, -0.05) is 0 Å². The molecule has 2 fully saturated rings. The summed E-state index contributed by atoms with van der Waals surface area (Å²) in [5.41, 5.74) is 1.04. The Hall–Kier alpha value is -4.63. The Morgan fingerprint density at radius 2 is 1.87 bits per heavy atom. The van der Waals surface area contributed by atoms with E-state index in [1.807, 2.05) is 6.92 Å². The fourth-order valence-corrected chi connectivity index (χ4v) is 7.11. The van der Waals surface area contributed by atoms with Crippen molar-refractivity contribution in [2.45, 2.75) is 38.9 Å². The van der Waals surface area contributed by atoms with Crippen molar-refractivity contribution in [3.63, 3.8) is 0 Å². The van der Waals surface area contributed by atoms with Crippen molar-refractivity contribution in [3.8, 4) is 11.3 Å². The van der Waals surface area contributed by atoms with Gasteiger partial charge < -0.3 is 20.4 Å². The van der Waals surface area contributed by atoms with Gasteiger partial charge in [0.15, 0.2) is 0 Å². The molecule has 47 heavy (non-hydrogen) atoms. The maximum atomic E-state index is 14.2. The van der Waals surface area contributed by atoms with E-state index in [4.69, 9.17) is 4.98 Å². The van der Waals surface area contributed by atoms with Gasteiger partial charge in [-0.15, -0.1) is 11.3 Å². The van der Waals surface area contributed by atoms with E-state index in [0.29, 0.717) is 62.3 Å². The second-order valence-electron chi connectivity index (χ2n) is 11.7. The minimum atomic E-state index is -4.58. The van der Waals surface area contributed by atoms with E-state index in [1.54, 1.807) is 34.3 Å². The van der Waals surface area contributed by atoms with E-state index < -0.39 is 17.3 Å². The Morgan fingerprint density at radius 3 is 2.60 bits per heavy atom. The van der Waals surface area contributed by atoms with E-state index in [1.165, 1.54) is 28.2 Å². The third-order valence-corrected chi connectivity index (χ3v) is 9.61. The monoisotopic (exact) mass is 663 g/mol. The normalized spacial score (nSPS) is 16.7. The zero-order valence-electron chi connectivity index (χ0n) is 25.6. The van der Waals surface area contributed by atoms with Crippen LogP contribution in [0.3, 0.4) is 0 Å². The number of alkyl halides is 3. The standard InChI is InChI=1S/C32H32F3N9O2S/c1-19-27(40-29(47-19)20-6-7-37-16-20)23-14-21-17-38-31(41-28(21)44(30(23)46)18-26(45)43-10-2-3-11-43)39-22-4-5-25(24(15-22)32(33,34)35)42-12-8-36-9-13-42/h4-5,7,14-17,36H,2-3,6,8-13,18H2,1H3,(H,38,39,41). The summed E-state index contributed by atoms with van der Waals surface area (Å²) in [6.45, 7) is 5.01. The van der Waals surface area contributed by atoms with Crippen LogP contribution in [0.25, 0.3) is 27.9 Å². The number of fused-ring (bicyclic) bond motifs is 1. The molecule has 3 aliphatic rings. The molecule has 15 heteroatoms. The molecule has 3 aliphatic heterocycles. The van der Waals surface area contributed by atoms with Gasteiger partial charge in [-0.2, -0.15) is 18.2 Å². The summed E-state index contributed by atoms with van der Waals surface area (Å²) < 4.78 is 43.9. The summed E-state index contributed by atoms with van der Waals surface area (Å²) >= 11 is 1.47. The molecule has 0 radical (unpaired) electrons. The molecule has 2 saturated heterocycles. The molecule has 3 aromatic heterocycles. The van der Waals surface area contributed by atoms with Gasteiger partial charge in [0, 0.05) is 91.5 Å². The molecule has 7 rings (SSSR count). The smallest absolute Gasteiger partial charge is 0.368 e. The summed E-state index contributed by atoms with van der Waals surface area (Å²) in [5.74, 6) is -0.214. The van der Waals surface area contributed by atoms with E-state index in [9.17, 15) is 22.8 Å². The lowest BCUT2D eigenvalue weighted by Crippen LogP contribution is -2.44. The number of likely N-dealkylation sites (tertiary alicyclic amines) is 1. The summed E-state index contributed by atoms with van der Waals surface area (Å²) in [4.78, 5) is 49.6. The van der Waals surface area contributed by atoms with Gasteiger partial charge in [0.2, 0.25) is 11.9 Å². The predicted molar refractivity (Wildman–Crippen MR) is 176 cm³/mol. The Morgan fingerprint density at radius 1 is 1.09 bits per heavy atom. The van der Waals surface area contributed by atoms with Crippen LogP contribution in [0.4, 0.5) is 30.5 Å². The minimum absolute atomic E-state index is 0.00429. The third-order valence-electron chi connectivity index (χ3n) is 8.57. The lowest BCUT2D eigenvalue weighted by atomic mass is 10.1. The number of aryl methyl sites for hydroxylation is 1. The van der Waals surface area contributed by atoms with E-state index in [2.05, 4.69) is 25.6 Å². The number of halogens is 3. The number of carbonyl (C=O) groups is 1. The highest BCUT2D eigenvalue weighted by Gasteiger charge is 2.35. The lowest BCUT2D eigenvalue weighted by molar-refractivity contribution is -0.137. The Balaban J connectivity index is 1.28. The molecule has 0 atom stereocenters.